The predicted octanol–water partition coefficient (Wildman–Crippen LogP) is 0.745. The Hall–Kier alpha value is -2.37. The third kappa shape index (κ3) is 2.74. The second-order valence-corrected chi connectivity index (χ2v) is 4.79. The van der Waals surface area contributed by atoms with Crippen LogP contribution in [0.1, 0.15) is 28.8 Å². The van der Waals surface area contributed by atoms with Gasteiger partial charge in [0.2, 0.25) is 5.91 Å². The number of carbonyl (C=O) groups is 3. The maximum Gasteiger partial charge on any atom is 0.255 e. The van der Waals surface area contributed by atoms with Crippen molar-refractivity contribution in [2.75, 3.05) is 14.2 Å². The first-order valence-electron chi connectivity index (χ1n) is 6.76. The Kier molecular flexibility index (Phi) is 4.57. The Labute approximate surface area is 123 Å². The number of fused-ring (bicyclic) bond motifs is 1. The second kappa shape index (κ2) is 6.39. The summed E-state index contributed by atoms with van der Waals surface area (Å²) in [6.07, 6.45) is 1.30. The van der Waals surface area contributed by atoms with Crippen LogP contribution >= 0.6 is 0 Å². The minimum atomic E-state index is -0.648. The fourth-order valence-corrected chi connectivity index (χ4v) is 2.59. The van der Waals surface area contributed by atoms with Gasteiger partial charge in [0.25, 0.3) is 5.91 Å². The highest BCUT2D eigenvalue weighted by atomic mass is 16.5. The molecule has 2 rings (SSSR count). The van der Waals surface area contributed by atoms with Crippen molar-refractivity contribution in [1.29, 1.82) is 0 Å². The maximum absolute atomic E-state index is 12.5. The summed E-state index contributed by atoms with van der Waals surface area (Å²) < 4.78 is 5.27. The Morgan fingerprint density at radius 3 is 2.90 bits per heavy atom. The molecule has 2 amide bonds. The number of aldehydes is 1. The van der Waals surface area contributed by atoms with Gasteiger partial charge in [-0.3, -0.25) is 9.59 Å². The van der Waals surface area contributed by atoms with Crippen LogP contribution < -0.4 is 10.1 Å². The second-order valence-electron chi connectivity index (χ2n) is 4.79. The number of nitrogens with one attached hydrogen (secondary N) is 1. The minimum absolute atomic E-state index is 0.205. The summed E-state index contributed by atoms with van der Waals surface area (Å²) in [7, 11) is 3.07. The summed E-state index contributed by atoms with van der Waals surface area (Å²) in [6.45, 7) is 0.315. The van der Waals surface area contributed by atoms with Crippen LogP contribution in [0.5, 0.6) is 5.75 Å². The van der Waals surface area contributed by atoms with Gasteiger partial charge in [0.05, 0.1) is 13.7 Å². The summed E-state index contributed by atoms with van der Waals surface area (Å²) in [5.74, 6) is 0.162. The van der Waals surface area contributed by atoms with E-state index in [2.05, 4.69) is 5.32 Å². The molecule has 0 bridgehead atoms. The van der Waals surface area contributed by atoms with E-state index in [9.17, 15) is 14.4 Å². The zero-order chi connectivity index (χ0) is 15.4. The molecule has 1 heterocycles. The summed E-state index contributed by atoms with van der Waals surface area (Å²) in [6, 6.07) is 4.61. The van der Waals surface area contributed by atoms with E-state index in [0.29, 0.717) is 24.3 Å². The van der Waals surface area contributed by atoms with Crippen LogP contribution in [0, 0.1) is 0 Å². The quantitative estimate of drug-likeness (QED) is 0.784. The van der Waals surface area contributed by atoms with E-state index in [1.165, 1.54) is 11.9 Å². The summed E-state index contributed by atoms with van der Waals surface area (Å²) in [4.78, 5) is 36.6. The number of ether oxygens (including phenoxy) is 1. The van der Waals surface area contributed by atoms with Gasteiger partial charge in [-0.25, -0.2) is 0 Å². The maximum atomic E-state index is 12.5. The van der Waals surface area contributed by atoms with Gasteiger partial charge >= 0.3 is 0 Å². The Morgan fingerprint density at radius 2 is 2.29 bits per heavy atom. The number of amides is 2. The highest BCUT2D eigenvalue weighted by Gasteiger charge is 2.37. The monoisotopic (exact) mass is 290 g/mol. The Morgan fingerprint density at radius 1 is 1.52 bits per heavy atom. The topological polar surface area (TPSA) is 75.7 Å². The van der Waals surface area contributed by atoms with E-state index in [-0.39, 0.29) is 18.2 Å². The molecule has 1 N–H and O–H groups in total. The van der Waals surface area contributed by atoms with E-state index in [4.69, 9.17) is 4.74 Å². The highest BCUT2D eigenvalue weighted by molar-refractivity contribution is 6.01. The predicted molar refractivity (Wildman–Crippen MR) is 76.0 cm³/mol. The lowest BCUT2D eigenvalue weighted by atomic mass is 10.1. The lowest BCUT2D eigenvalue weighted by molar-refractivity contribution is -0.125. The number of benzene rings is 1. The zero-order valence-electron chi connectivity index (χ0n) is 12.1. The molecule has 1 aromatic carbocycles. The lowest BCUT2D eigenvalue weighted by Gasteiger charge is -2.25. The number of likely N-dealkylation sites (N-methyl/N-ethyl adjacent to an activating group) is 1. The van der Waals surface area contributed by atoms with Crippen LogP contribution in [0.2, 0.25) is 0 Å². The molecule has 21 heavy (non-hydrogen) atoms. The third-order valence-electron chi connectivity index (χ3n) is 3.66. The van der Waals surface area contributed by atoms with Crippen LogP contribution in [0.3, 0.4) is 0 Å². The van der Waals surface area contributed by atoms with Crippen LogP contribution in [0.25, 0.3) is 0 Å². The van der Waals surface area contributed by atoms with Crippen molar-refractivity contribution >= 4 is 18.1 Å². The molecule has 1 aromatic rings. The zero-order valence-corrected chi connectivity index (χ0v) is 12.1. The van der Waals surface area contributed by atoms with Crippen molar-refractivity contribution in [3.63, 3.8) is 0 Å². The number of nitrogens with zero attached hydrogens (tertiary/aromatic N) is 1. The molecule has 1 unspecified atom stereocenters. The standard InChI is InChI=1S/C15H18N2O4/c1-16-14(19)12(6-4-8-18)17-9-11-10(15(17)20)5-3-7-13(11)21-2/h3,5,7-8,12H,4,6,9H2,1-2H3,(H,16,19). The van der Waals surface area contributed by atoms with Crippen molar-refractivity contribution in [3.05, 3.63) is 29.3 Å². The van der Waals surface area contributed by atoms with Crippen LogP contribution in [-0.2, 0) is 16.1 Å². The van der Waals surface area contributed by atoms with Crippen LogP contribution in [-0.4, -0.2) is 43.2 Å². The Bertz CT molecular complexity index is 571. The van der Waals surface area contributed by atoms with E-state index in [1.807, 2.05) is 0 Å². The first kappa shape index (κ1) is 15.0. The first-order chi connectivity index (χ1) is 10.1. The molecule has 0 spiro atoms. The van der Waals surface area contributed by atoms with Crippen molar-refractivity contribution in [3.8, 4) is 5.75 Å². The van der Waals surface area contributed by atoms with Gasteiger partial charge in [-0.15, -0.1) is 0 Å². The normalized spacial score (nSPS) is 14.6. The van der Waals surface area contributed by atoms with Crippen molar-refractivity contribution in [2.45, 2.75) is 25.4 Å². The van der Waals surface area contributed by atoms with E-state index < -0.39 is 6.04 Å². The molecule has 0 radical (unpaired) electrons. The first-order valence-corrected chi connectivity index (χ1v) is 6.76. The molecule has 1 atom stereocenters. The molecular weight excluding hydrogens is 272 g/mol. The summed E-state index contributed by atoms with van der Waals surface area (Å²) in [5.41, 5.74) is 1.33. The molecule has 6 heteroatoms. The third-order valence-corrected chi connectivity index (χ3v) is 3.66. The van der Waals surface area contributed by atoms with Crippen LogP contribution in [0.15, 0.2) is 18.2 Å². The smallest absolute Gasteiger partial charge is 0.255 e. The lowest BCUT2D eigenvalue weighted by Crippen LogP contribution is -2.46. The molecule has 0 aromatic heterocycles. The molecule has 0 fully saturated rings. The minimum Gasteiger partial charge on any atom is -0.496 e. The van der Waals surface area contributed by atoms with Gasteiger partial charge < -0.3 is 19.7 Å². The van der Waals surface area contributed by atoms with Crippen molar-refractivity contribution in [2.24, 2.45) is 0 Å². The fourth-order valence-electron chi connectivity index (χ4n) is 2.59. The number of rotatable bonds is 6. The number of methoxy groups -OCH3 is 1. The van der Waals surface area contributed by atoms with Crippen molar-refractivity contribution < 1.29 is 19.1 Å². The van der Waals surface area contributed by atoms with E-state index in [0.717, 1.165) is 11.8 Å². The molecule has 112 valence electrons. The van der Waals surface area contributed by atoms with Gasteiger partial charge in [-0.2, -0.15) is 0 Å². The highest BCUT2D eigenvalue weighted by Crippen LogP contribution is 2.32. The molecule has 0 aliphatic carbocycles. The molecular formula is C15H18N2O4. The van der Waals surface area contributed by atoms with E-state index >= 15 is 0 Å². The Balaban J connectivity index is 2.31. The van der Waals surface area contributed by atoms with Crippen LogP contribution in [0.4, 0.5) is 0 Å². The van der Waals surface area contributed by atoms with Crippen molar-refractivity contribution in [1.82, 2.24) is 10.2 Å². The largest absolute Gasteiger partial charge is 0.496 e. The van der Waals surface area contributed by atoms with Gasteiger partial charge in [0.1, 0.15) is 18.1 Å². The van der Waals surface area contributed by atoms with Gasteiger partial charge in [0.15, 0.2) is 0 Å². The summed E-state index contributed by atoms with van der Waals surface area (Å²) in [5, 5.41) is 2.55. The average molecular weight is 290 g/mol. The molecule has 1 aliphatic rings. The number of hydrogen-bond donors (Lipinski definition) is 1. The summed E-state index contributed by atoms with van der Waals surface area (Å²) >= 11 is 0. The SMILES string of the molecule is CNC(=O)C(CCC=O)N1Cc2c(OC)cccc2C1=O. The fraction of sp³-hybridized carbons (Fsp3) is 0.400. The molecule has 6 nitrogen and oxygen atoms in total. The van der Waals surface area contributed by atoms with Gasteiger partial charge in [-0.1, -0.05) is 6.07 Å². The number of hydrogen-bond acceptors (Lipinski definition) is 4. The number of carbonyl (C=O) groups excluding carboxylic acids is 3. The molecule has 0 saturated carbocycles. The average Bonchev–Trinajstić information content (AvgIpc) is 2.84. The van der Waals surface area contributed by atoms with Gasteiger partial charge in [-0.05, 0) is 18.6 Å². The van der Waals surface area contributed by atoms with Gasteiger partial charge in [0, 0.05) is 24.6 Å². The van der Waals surface area contributed by atoms with E-state index in [1.54, 1.807) is 25.3 Å². The molecule has 1 aliphatic heterocycles. The molecule has 0 saturated heterocycles.